The fourth-order valence-electron chi connectivity index (χ4n) is 0.861. The molecule has 6 heteroatoms. The van der Waals surface area contributed by atoms with Gasteiger partial charge in [0.25, 0.3) is 0 Å². The first-order valence-corrected chi connectivity index (χ1v) is 4.34. The van der Waals surface area contributed by atoms with Crippen molar-refractivity contribution in [2.75, 3.05) is 6.54 Å². The molecular weight excluding hydrogens is 174 g/mol. The molecule has 3 unspecified atom stereocenters. The van der Waals surface area contributed by atoms with Crippen molar-refractivity contribution >= 4 is 0 Å². The van der Waals surface area contributed by atoms with E-state index in [9.17, 15) is 5.11 Å². The summed E-state index contributed by atoms with van der Waals surface area (Å²) in [4.78, 5) is 0. The van der Waals surface area contributed by atoms with E-state index in [4.69, 9.17) is 21.7 Å². The number of aliphatic hydroxyl groups excluding tert-OH is 3. The number of rotatable bonds is 7. The van der Waals surface area contributed by atoms with Gasteiger partial charge in [-0.05, 0) is 25.8 Å². The summed E-state index contributed by atoms with van der Waals surface area (Å²) < 4.78 is 0. The van der Waals surface area contributed by atoms with Crippen molar-refractivity contribution in [3.8, 4) is 0 Å². The van der Waals surface area contributed by atoms with Crippen LogP contribution in [-0.2, 0) is 0 Å². The van der Waals surface area contributed by atoms with Gasteiger partial charge in [0.15, 0.2) is 0 Å². The first-order valence-electron chi connectivity index (χ1n) is 4.34. The Morgan fingerprint density at radius 1 is 1.15 bits per heavy atom. The molecular formula is C7H19N3O3. The van der Waals surface area contributed by atoms with Crippen LogP contribution in [-0.4, -0.2) is 40.5 Å². The van der Waals surface area contributed by atoms with Gasteiger partial charge in [0.1, 0.15) is 18.7 Å². The van der Waals surface area contributed by atoms with E-state index in [1.165, 1.54) is 0 Å². The second-order valence-corrected chi connectivity index (χ2v) is 2.90. The van der Waals surface area contributed by atoms with Crippen LogP contribution in [0, 0.1) is 0 Å². The second-order valence-electron chi connectivity index (χ2n) is 2.90. The minimum Gasteiger partial charge on any atom is -0.379 e. The molecule has 13 heavy (non-hydrogen) atoms. The maximum Gasteiger partial charge on any atom is 0.146 e. The monoisotopic (exact) mass is 193 g/mol. The zero-order valence-electron chi connectivity index (χ0n) is 7.56. The highest BCUT2D eigenvalue weighted by Crippen LogP contribution is 1.98. The molecule has 0 saturated carbocycles. The number of nitrogens with two attached hydrogens (primary N) is 2. The SMILES string of the molecule is NCCCCC(O)NC(O)C(N)O. The van der Waals surface area contributed by atoms with Crippen LogP contribution in [0.4, 0.5) is 0 Å². The van der Waals surface area contributed by atoms with Crippen molar-refractivity contribution in [1.29, 1.82) is 0 Å². The van der Waals surface area contributed by atoms with Gasteiger partial charge in [-0.2, -0.15) is 0 Å². The van der Waals surface area contributed by atoms with Gasteiger partial charge >= 0.3 is 0 Å². The standard InChI is InChI=1S/C7H19N3O3/c8-4-2-1-3-5(11)10-7(13)6(9)12/h5-7,10-13H,1-4,8-9H2. The second kappa shape index (κ2) is 7.19. The smallest absolute Gasteiger partial charge is 0.146 e. The molecule has 0 heterocycles. The van der Waals surface area contributed by atoms with Crippen LogP contribution in [0.1, 0.15) is 19.3 Å². The van der Waals surface area contributed by atoms with Crippen molar-refractivity contribution < 1.29 is 15.3 Å². The van der Waals surface area contributed by atoms with Gasteiger partial charge in [0.05, 0.1) is 0 Å². The Labute approximate surface area is 77.5 Å². The van der Waals surface area contributed by atoms with E-state index in [1.54, 1.807) is 0 Å². The summed E-state index contributed by atoms with van der Waals surface area (Å²) >= 11 is 0. The molecule has 0 aliphatic rings. The molecule has 0 radical (unpaired) electrons. The molecule has 0 rings (SSSR count). The van der Waals surface area contributed by atoms with Gasteiger partial charge in [0.2, 0.25) is 0 Å². The summed E-state index contributed by atoms with van der Waals surface area (Å²) in [6.45, 7) is 0.578. The van der Waals surface area contributed by atoms with Crippen molar-refractivity contribution in [2.24, 2.45) is 11.5 Å². The van der Waals surface area contributed by atoms with Gasteiger partial charge in [-0.1, -0.05) is 0 Å². The van der Waals surface area contributed by atoms with E-state index in [1.807, 2.05) is 0 Å². The lowest BCUT2D eigenvalue weighted by atomic mass is 10.2. The number of hydrogen-bond acceptors (Lipinski definition) is 6. The highest BCUT2D eigenvalue weighted by atomic mass is 16.4. The number of hydrogen-bond donors (Lipinski definition) is 6. The Kier molecular flexibility index (Phi) is 7.06. The third-order valence-corrected chi connectivity index (χ3v) is 1.62. The Bertz CT molecular complexity index is 124. The molecule has 0 amide bonds. The molecule has 6 nitrogen and oxygen atoms in total. The molecule has 0 spiro atoms. The number of unbranched alkanes of at least 4 members (excludes halogenated alkanes) is 1. The van der Waals surface area contributed by atoms with E-state index in [2.05, 4.69) is 5.32 Å². The Morgan fingerprint density at radius 2 is 1.77 bits per heavy atom. The highest BCUT2D eigenvalue weighted by Gasteiger charge is 2.14. The van der Waals surface area contributed by atoms with Gasteiger partial charge in [-0.3, -0.25) is 5.32 Å². The highest BCUT2D eigenvalue weighted by molar-refractivity contribution is 4.61. The van der Waals surface area contributed by atoms with E-state index >= 15 is 0 Å². The van der Waals surface area contributed by atoms with Gasteiger partial charge < -0.3 is 26.8 Å². The fourth-order valence-corrected chi connectivity index (χ4v) is 0.861. The van der Waals surface area contributed by atoms with Crippen LogP contribution in [0.25, 0.3) is 0 Å². The molecule has 3 atom stereocenters. The fraction of sp³-hybridized carbons (Fsp3) is 1.00. The molecule has 0 aromatic rings. The van der Waals surface area contributed by atoms with Crippen molar-refractivity contribution in [3.63, 3.8) is 0 Å². The largest absolute Gasteiger partial charge is 0.379 e. The van der Waals surface area contributed by atoms with Crippen LogP contribution in [0.5, 0.6) is 0 Å². The summed E-state index contributed by atoms with van der Waals surface area (Å²) in [5.74, 6) is 0. The number of nitrogens with one attached hydrogen (secondary N) is 1. The Hall–Kier alpha value is -0.240. The summed E-state index contributed by atoms with van der Waals surface area (Å²) in [5.41, 5.74) is 10.2. The molecule has 0 aliphatic heterocycles. The van der Waals surface area contributed by atoms with Gasteiger partial charge in [-0.25, -0.2) is 0 Å². The summed E-state index contributed by atoms with van der Waals surface area (Å²) in [6.07, 6.45) is -1.49. The van der Waals surface area contributed by atoms with Crippen molar-refractivity contribution in [2.45, 2.75) is 37.9 Å². The first-order chi connectivity index (χ1) is 6.07. The topological polar surface area (TPSA) is 125 Å². The van der Waals surface area contributed by atoms with Crippen molar-refractivity contribution in [1.82, 2.24) is 5.32 Å². The van der Waals surface area contributed by atoms with Crippen LogP contribution in [0.15, 0.2) is 0 Å². The predicted molar refractivity (Wildman–Crippen MR) is 48.2 cm³/mol. The van der Waals surface area contributed by atoms with Crippen LogP contribution < -0.4 is 16.8 Å². The number of aliphatic hydroxyl groups is 3. The predicted octanol–water partition coefficient (Wildman–Crippen LogP) is -2.38. The van der Waals surface area contributed by atoms with E-state index in [-0.39, 0.29) is 0 Å². The lowest BCUT2D eigenvalue weighted by Crippen LogP contribution is -2.49. The zero-order chi connectivity index (χ0) is 10.3. The summed E-state index contributed by atoms with van der Waals surface area (Å²) in [5, 5.41) is 29.2. The Balaban J connectivity index is 3.43. The van der Waals surface area contributed by atoms with E-state index in [0.29, 0.717) is 13.0 Å². The Morgan fingerprint density at radius 3 is 2.23 bits per heavy atom. The molecule has 0 aliphatic carbocycles. The third kappa shape index (κ3) is 6.88. The van der Waals surface area contributed by atoms with E-state index < -0.39 is 18.7 Å². The molecule has 8 N–H and O–H groups in total. The lowest BCUT2D eigenvalue weighted by molar-refractivity contribution is -0.0373. The quantitative estimate of drug-likeness (QED) is 0.198. The summed E-state index contributed by atoms with van der Waals surface area (Å²) in [7, 11) is 0. The average molecular weight is 193 g/mol. The summed E-state index contributed by atoms with van der Waals surface area (Å²) in [6, 6.07) is 0. The molecule has 0 aromatic heterocycles. The zero-order valence-corrected chi connectivity index (χ0v) is 7.56. The third-order valence-electron chi connectivity index (χ3n) is 1.62. The normalized spacial score (nSPS) is 18.2. The van der Waals surface area contributed by atoms with Crippen molar-refractivity contribution in [3.05, 3.63) is 0 Å². The molecule has 80 valence electrons. The van der Waals surface area contributed by atoms with Gasteiger partial charge in [0, 0.05) is 0 Å². The average Bonchev–Trinajstić information content (AvgIpc) is 2.04. The molecule has 0 saturated heterocycles. The molecule has 0 bridgehead atoms. The maximum absolute atomic E-state index is 9.22. The van der Waals surface area contributed by atoms with E-state index in [0.717, 1.165) is 12.8 Å². The first kappa shape index (κ1) is 12.8. The van der Waals surface area contributed by atoms with Gasteiger partial charge in [-0.15, -0.1) is 0 Å². The van der Waals surface area contributed by atoms with Crippen LogP contribution in [0.3, 0.4) is 0 Å². The van der Waals surface area contributed by atoms with Crippen LogP contribution >= 0.6 is 0 Å². The molecule has 0 fully saturated rings. The lowest BCUT2D eigenvalue weighted by Gasteiger charge is -2.19. The van der Waals surface area contributed by atoms with Crippen LogP contribution in [0.2, 0.25) is 0 Å². The maximum atomic E-state index is 9.22. The minimum atomic E-state index is -1.39. The molecule has 0 aromatic carbocycles. The minimum absolute atomic E-state index is 0.473.